The number of hydrogen-bond acceptors (Lipinski definition) is 10. The molecule has 1 unspecified atom stereocenters. The molecule has 0 fully saturated rings. The number of nitrogens with one attached hydrogen (secondary N) is 1. The summed E-state index contributed by atoms with van der Waals surface area (Å²) in [4.78, 5) is 30.3. The standard InChI is InChI=1S/C25H26N6O5/c1-15-20(25(32)35-3)21(17-10-7-11-18(12-17)31(33)34)22(23(26)27-15)24-28-19(29-36-24)14-30(2)13-16-8-5-4-6-9-16/h4-12,21,27H,13-14,26H2,1-3H3. The van der Waals surface area contributed by atoms with Crippen LogP contribution in [0, 0.1) is 10.1 Å². The predicted molar refractivity (Wildman–Crippen MR) is 131 cm³/mol. The minimum atomic E-state index is -0.825. The molecule has 36 heavy (non-hydrogen) atoms. The highest BCUT2D eigenvalue weighted by Crippen LogP contribution is 2.43. The lowest BCUT2D eigenvalue weighted by Gasteiger charge is -2.29. The lowest BCUT2D eigenvalue weighted by molar-refractivity contribution is -0.384. The topological polar surface area (TPSA) is 150 Å². The van der Waals surface area contributed by atoms with Gasteiger partial charge in [0, 0.05) is 24.4 Å². The number of esters is 1. The molecule has 3 aromatic rings. The van der Waals surface area contributed by atoms with Crippen LogP contribution in [0.2, 0.25) is 0 Å². The zero-order chi connectivity index (χ0) is 25.8. The molecule has 1 atom stereocenters. The number of nitrogens with two attached hydrogens (primary N) is 1. The third-order valence-corrected chi connectivity index (χ3v) is 5.82. The number of ether oxygens (including phenoxy) is 1. The van der Waals surface area contributed by atoms with Crippen LogP contribution in [0.1, 0.15) is 35.7 Å². The second kappa shape index (κ2) is 10.4. The van der Waals surface area contributed by atoms with Crippen molar-refractivity contribution in [3.05, 3.63) is 105 Å². The minimum Gasteiger partial charge on any atom is -0.466 e. The van der Waals surface area contributed by atoms with Crippen LogP contribution in [0.15, 0.2) is 76.2 Å². The van der Waals surface area contributed by atoms with E-state index < -0.39 is 16.8 Å². The number of nitro benzene ring substituents is 1. The molecule has 0 spiro atoms. The van der Waals surface area contributed by atoms with Gasteiger partial charge in [0.2, 0.25) is 0 Å². The molecule has 0 aliphatic carbocycles. The van der Waals surface area contributed by atoms with E-state index in [-0.39, 0.29) is 23.0 Å². The minimum absolute atomic E-state index is 0.105. The van der Waals surface area contributed by atoms with Gasteiger partial charge >= 0.3 is 5.97 Å². The number of nitro groups is 1. The van der Waals surface area contributed by atoms with Gasteiger partial charge in [-0.3, -0.25) is 15.0 Å². The van der Waals surface area contributed by atoms with Crippen LogP contribution in [0.4, 0.5) is 5.69 Å². The van der Waals surface area contributed by atoms with Crippen molar-refractivity contribution in [3.8, 4) is 0 Å². The number of aromatic nitrogens is 2. The zero-order valence-corrected chi connectivity index (χ0v) is 20.1. The molecule has 4 rings (SSSR count). The van der Waals surface area contributed by atoms with Crippen LogP contribution in [0.3, 0.4) is 0 Å². The summed E-state index contributed by atoms with van der Waals surface area (Å²) in [6.07, 6.45) is 0. The Balaban J connectivity index is 1.70. The quantitative estimate of drug-likeness (QED) is 0.274. The van der Waals surface area contributed by atoms with E-state index in [1.54, 1.807) is 19.1 Å². The fourth-order valence-corrected chi connectivity index (χ4v) is 4.24. The maximum Gasteiger partial charge on any atom is 0.336 e. The molecule has 0 amide bonds. The van der Waals surface area contributed by atoms with Crippen molar-refractivity contribution in [2.45, 2.75) is 25.9 Å². The fourth-order valence-electron chi connectivity index (χ4n) is 4.24. The lowest BCUT2D eigenvalue weighted by Crippen LogP contribution is -2.32. The first-order valence-electron chi connectivity index (χ1n) is 11.1. The Hall–Kier alpha value is -4.51. The van der Waals surface area contributed by atoms with Crippen LogP contribution in [-0.2, 0) is 22.6 Å². The second-order valence-corrected chi connectivity index (χ2v) is 8.44. The number of rotatable bonds is 8. The largest absolute Gasteiger partial charge is 0.466 e. The number of hydrogen-bond donors (Lipinski definition) is 2. The Morgan fingerprint density at radius 2 is 1.97 bits per heavy atom. The van der Waals surface area contributed by atoms with Gasteiger partial charge in [-0.2, -0.15) is 4.98 Å². The summed E-state index contributed by atoms with van der Waals surface area (Å²) in [6.45, 7) is 2.76. The number of non-ortho nitro benzene ring substituents is 1. The molecule has 0 saturated carbocycles. The Morgan fingerprint density at radius 1 is 1.22 bits per heavy atom. The Kier molecular flexibility index (Phi) is 7.11. The maximum atomic E-state index is 12.8. The van der Waals surface area contributed by atoms with E-state index in [2.05, 4.69) is 15.5 Å². The molecule has 1 aromatic heterocycles. The van der Waals surface area contributed by atoms with E-state index in [0.29, 0.717) is 35.7 Å². The third-order valence-electron chi connectivity index (χ3n) is 5.82. The number of dihydropyridines is 1. The highest BCUT2D eigenvalue weighted by Gasteiger charge is 2.38. The predicted octanol–water partition coefficient (Wildman–Crippen LogP) is 3.07. The molecule has 0 bridgehead atoms. The van der Waals surface area contributed by atoms with E-state index >= 15 is 0 Å². The molecule has 0 radical (unpaired) electrons. The van der Waals surface area contributed by atoms with Crippen molar-refractivity contribution >= 4 is 17.2 Å². The van der Waals surface area contributed by atoms with Gasteiger partial charge in [-0.25, -0.2) is 4.79 Å². The summed E-state index contributed by atoms with van der Waals surface area (Å²) in [5.74, 6) is -0.705. The molecule has 3 N–H and O–H groups in total. The number of carbonyl (C=O) groups is 1. The molecule has 11 nitrogen and oxygen atoms in total. The highest BCUT2D eigenvalue weighted by molar-refractivity contribution is 5.96. The van der Waals surface area contributed by atoms with Gasteiger partial charge in [0.25, 0.3) is 11.6 Å². The second-order valence-electron chi connectivity index (χ2n) is 8.44. The number of carbonyl (C=O) groups excluding carboxylic acids is 1. The molecule has 1 aliphatic rings. The highest BCUT2D eigenvalue weighted by atomic mass is 16.6. The number of nitrogens with zero attached hydrogens (tertiary/aromatic N) is 4. The molecule has 11 heteroatoms. The molecule has 186 valence electrons. The summed E-state index contributed by atoms with van der Waals surface area (Å²) < 4.78 is 10.6. The maximum absolute atomic E-state index is 12.8. The molecule has 1 aliphatic heterocycles. The average Bonchev–Trinajstić information content (AvgIpc) is 3.31. The van der Waals surface area contributed by atoms with E-state index in [1.165, 1.54) is 19.2 Å². The Labute approximate surface area is 207 Å². The van der Waals surface area contributed by atoms with E-state index in [1.807, 2.05) is 42.3 Å². The van der Waals surface area contributed by atoms with E-state index in [9.17, 15) is 14.9 Å². The summed E-state index contributed by atoms with van der Waals surface area (Å²) >= 11 is 0. The van der Waals surface area contributed by atoms with Crippen LogP contribution in [0.25, 0.3) is 5.57 Å². The summed E-state index contributed by atoms with van der Waals surface area (Å²) in [7, 11) is 3.20. The smallest absolute Gasteiger partial charge is 0.336 e. The van der Waals surface area contributed by atoms with Crippen molar-refractivity contribution in [1.29, 1.82) is 0 Å². The number of allylic oxidation sites excluding steroid dienone is 2. The number of methoxy groups -OCH3 is 1. The zero-order valence-electron chi connectivity index (χ0n) is 20.1. The lowest BCUT2D eigenvalue weighted by atomic mass is 9.81. The summed E-state index contributed by atoms with van der Waals surface area (Å²) in [5.41, 5.74) is 8.87. The molecule has 0 saturated heterocycles. The number of benzene rings is 2. The third kappa shape index (κ3) is 5.10. The van der Waals surface area contributed by atoms with E-state index in [0.717, 1.165) is 5.56 Å². The molecular weight excluding hydrogens is 464 g/mol. The summed E-state index contributed by atoms with van der Waals surface area (Å²) in [6, 6.07) is 16.0. The van der Waals surface area contributed by atoms with Gasteiger partial charge in [0.15, 0.2) is 5.82 Å². The first kappa shape index (κ1) is 24.6. The van der Waals surface area contributed by atoms with Crippen molar-refractivity contribution in [1.82, 2.24) is 20.4 Å². The fraction of sp³-hybridized carbons (Fsp3) is 0.240. The Morgan fingerprint density at radius 3 is 2.67 bits per heavy atom. The van der Waals surface area contributed by atoms with Gasteiger partial charge in [-0.05, 0) is 25.1 Å². The summed E-state index contributed by atoms with van der Waals surface area (Å²) in [5, 5.41) is 18.5. The van der Waals surface area contributed by atoms with Crippen LogP contribution >= 0.6 is 0 Å². The van der Waals surface area contributed by atoms with Crippen LogP contribution < -0.4 is 11.1 Å². The SMILES string of the molecule is COC(=O)C1=C(C)NC(N)=C(c2nc(CN(C)Cc3ccccc3)no2)C1c1cccc([N+](=O)[O-])c1. The molecular formula is C25H26N6O5. The van der Waals surface area contributed by atoms with Gasteiger partial charge < -0.3 is 20.3 Å². The first-order chi connectivity index (χ1) is 17.3. The van der Waals surface area contributed by atoms with Gasteiger partial charge in [-0.15, -0.1) is 0 Å². The van der Waals surface area contributed by atoms with Crippen molar-refractivity contribution < 1.29 is 19.0 Å². The van der Waals surface area contributed by atoms with E-state index in [4.69, 9.17) is 15.0 Å². The van der Waals surface area contributed by atoms with Crippen LogP contribution in [-0.4, -0.2) is 40.1 Å². The Bertz CT molecular complexity index is 1350. The first-order valence-corrected chi connectivity index (χ1v) is 11.1. The van der Waals surface area contributed by atoms with Gasteiger partial charge in [-0.1, -0.05) is 47.6 Å². The monoisotopic (exact) mass is 490 g/mol. The van der Waals surface area contributed by atoms with Crippen molar-refractivity contribution in [3.63, 3.8) is 0 Å². The average molecular weight is 491 g/mol. The molecule has 2 heterocycles. The van der Waals surface area contributed by atoms with Crippen molar-refractivity contribution in [2.75, 3.05) is 14.2 Å². The van der Waals surface area contributed by atoms with Crippen LogP contribution in [0.5, 0.6) is 0 Å². The van der Waals surface area contributed by atoms with Crippen molar-refractivity contribution in [2.24, 2.45) is 5.73 Å². The molecule has 2 aromatic carbocycles. The van der Waals surface area contributed by atoms with Gasteiger partial charge in [0.1, 0.15) is 5.82 Å². The normalized spacial score (nSPS) is 15.7. The van der Waals surface area contributed by atoms with Gasteiger partial charge in [0.05, 0.1) is 35.6 Å².